The van der Waals surface area contributed by atoms with Gasteiger partial charge in [-0.2, -0.15) is 4.68 Å². The first-order chi connectivity index (χ1) is 6.70. The second-order valence-electron chi connectivity index (χ2n) is 3.08. The molecule has 0 spiro atoms. The van der Waals surface area contributed by atoms with Crippen molar-refractivity contribution < 1.29 is 0 Å². The van der Waals surface area contributed by atoms with Gasteiger partial charge in [-0.05, 0) is 53.1 Å². The highest BCUT2D eigenvalue weighted by Crippen LogP contribution is 2.18. The zero-order chi connectivity index (χ0) is 10.1. The minimum absolute atomic E-state index is 0.277. The highest BCUT2D eigenvalue weighted by Gasteiger charge is 2.08. The van der Waals surface area contributed by atoms with Crippen molar-refractivity contribution in [3.05, 3.63) is 34.6 Å². The Bertz CT molecular complexity index is 464. The van der Waals surface area contributed by atoms with Crippen molar-refractivity contribution in [2.24, 2.45) is 0 Å². The van der Waals surface area contributed by atoms with E-state index in [9.17, 15) is 0 Å². The van der Waals surface area contributed by atoms with E-state index in [4.69, 9.17) is 11.6 Å². The van der Waals surface area contributed by atoms with Gasteiger partial charge in [0.2, 0.25) is 5.28 Å². The van der Waals surface area contributed by atoms with Crippen LogP contribution in [0.25, 0.3) is 5.69 Å². The lowest BCUT2D eigenvalue weighted by molar-refractivity contribution is 0.784. The van der Waals surface area contributed by atoms with Crippen LogP contribution in [0.2, 0.25) is 5.28 Å². The van der Waals surface area contributed by atoms with Gasteiger partial charge in [0, 0.05) is 0 Å². The highest BCUT2D eigenvalue weighted by atomic mass is 35.5. The SMILES string of the molecule is Cc1cccc(-n2nnnc2Cl)c1C. The third kappa shape index (κ3) is 1.37. The Hall–Kier alpha value is -1.42. The zero-order valence-corrected chi connectivity index (χ0v) is 8.65. The summed E-state index contributed by atoms with van der Waals surface area (Å²) in [5.41, 5.74) is 3.23. The Morgan fingerprint density at radius 1 is 1.29 bits per heavy atom. The number of benzene rings is 1. The summed E-state index contributed by atoms with van der Waals surface area (Å²) in [6.45, 7) is 4.06. The number of hydrogen-bond acceptors (Lipinski definition) is 3. The van der Waals surface area contributed by atoms with Crippen LogP contribution in [-0.2, 0) is 0 Å². The molecule has 0 atom stereocenters. The maximum absolute atomic E-state index is 5.83. The molecule has 0 amide bonds. The van der Waals surface area contributed by atoms with Crippen molar-refractivity contribution in [2.75, 3.05) is 0 Å². The van der Waals surface area contributed by atoms with E-state index in [2.05, 4.69) is 15.5 Å². The molecule has 0 radical (unpaired) electrons. The third-order valence-corrected chi connectivity index (χ3v) is 2.47. The van der Waals surface area contributed by atoms with Crippen molar-refractivity contribution in [1.29, 1.82) is 0 Å². The molecule has 0 saturated carbocycles. The Balaban J connectivity index is 2.63. The standard InChI is InChI=1S/C9H9ClN4/c1-6-4-3-5-8(7(6)2)14-9(10)11-12-13-14/h3-5H,1-2H3. The Morgan fingerprint density at radius 2 is 2.07 bits per heavy atom. The maximum Gasteiger partial charge on any atom is 0.247 e. The van der Waals surface area contributed by atoms with E-state index in [1.807, 2.05) is 32.0 Å². The van der Waals surface area contributed by atoms with E-state index in [0.717, 1.165) is 11.3 Å². The maximum atomic E-state index is 5.83. The molecule has 4 nitrogen and oxygen atoms in total. The van der Waals surface area contributed by atoms with Gasteiger partial charge in [0.25, 0.3) is 0 Å². The fourth-order valence-corrected chi connectivity index (χ4v) is 1.45. The van der Waals surface area contributed by atoms with Crippen molar-refractivity contribution in [1.82, 2.24) is 20.2 Å². The molecule has 14 heavy (non-hydrogen) atoms. The normalized spacial score (nSPS) is 10.5. The first-order valence-electron chi connectivity index (χ1n) is 4.20. The van der Waals surface area contributed by atoms with Crippen LogP contribution in [0.15, 0.2) is 18.2 Å². The summed E-state index contributed by atoms with van der Waals surface area (Å²) < 4.78 is 1.52. The second kappa shape index (κ2) is 3.38. The monoisotopic (exact) mass is 208 g/mol. The fourth-order valence-electron chi connectivity index (χ4n) is 1.29. The number of aromatic nitrogens is 4. The molecule has 1 aromatic heterocycles. The van der Waals surface area contributed by atoms with Gasteiger partial charge in [-0.1, -0.05) is 17.2 Å². The van der Waals surface area contributed by atoms with Gasteiger partial charge in [-0.25, -0.2) is 0 Å². The van der Waals surface area contributed by atoms with Crippen molar-refractivity contribution >= 4 is 11.6 Å². The summed E-state index contributed by atoms with van der Waals surface area (Å²) in [6.07, 6.45) is 0. The predicted octanol–water partition coefficient (Wildman–Crippen LogP) is 1.93. The van der Waals surface area contributed by atoms with Crippen LogP contribution in [0, 0.1) is 13.8 Å². The Morgan fingerprint density at radius 3 is 2.71 bits per heavy atom. The van der Waals surface area contributed by atoms with Gasteiger partial charge in [-0.3, -0.25) is 0 Å². The van der Waals surface area contributed by atoms with Crippen molar-refractivity contribution in [2.45, 2.75) is 13.8 Å². The number of halogens is 1. The third-order valence-electron chi connectivity index (χ3n) is 2.24. The van der Waals surface area contributed by atoms with Crippen LogP contribution in [0.4, 0.5) is 0 Å². The molecule has 2 aromatic rings. The van der Waals surface area contributed by atoms with Crippen LogP contribution in [0.3, 0.4) is 0 Å². The van der Waals surface area contributed by atoms with Crippen molar-refractivity contribution in [3.63, 3.8) is 0 Å². The molecule has 0 saturated heterocycles. The number of rotatable bonds is 1. The Labute approximate surface area is 86.5 Å². The summed E-state index contributed by atoms with van der Waals surface area (Å²) >= 11 is 5.83. The van der Waals surface area contributed by atoms with Crippen molar-refractivity contribution in [3.8, 4) is 5.69 Å². The molecule has 0 bridgehead atoms. The lowest BCUT2D eigenvalue weighted by Crippen LogP contribution is -2.00. The van der Waals surface area contributed by atoms with Gasteiger partial charge in [0.1, 0.15) is 0 Å². The quantitative estimate of drug-likeness (QED) is 0.719. The van der Waals surface area contributed by atoms with Gasteiger partial charge in [0.05, 0.1) is 5.69 Å². The second-order valence-corrected chi connectivity index (χ2v) is 3.42. The molecule has 1 heterocycles. The van der Waals surface area contributed by atoms with E-state index in [0.29, 0.717) is 0 Å². The largest absolute Gasteiger partial charge is 0.247 e. The van der Waals surface area contributed by atoms with Crippen LogP contribution in [-0.4, -0.2) is 20.2 Å². The molecule has 0 aliphatic rings. The molecule has 0 unspecified atom stereocenters. The van der Waals surface area contributed by atoms with Gasteiger partial charge in [-0.15, -0.1) is 0 Å². The molecule has 0 fully saturated rings. The first-order valence-corrected chi connectivity index (χ1v) is 4.58. The fraction of sp³-hybridized carbons (Fsp3) is 0.222. The van der Waals surface area contributed by atoms with E-state index < -0.39 is 0 Å². The van der Waals surface area contributed by atoms with E-state index in [-0.39, 0.29) is 5.28 Å². The first kappa shape index (κ1) is 9.15. The molecule has 0 N–H and O–H groups in total. The summed E-state index contributed by atoms with van der Waals surface area (Å²) in [5.74, 6) is 0. The molecule has 0 aliphatic carbocycles. The molecular formula is C9H9ClN4. The molecule has 2 rings (SSSR count). The minimum Gasteiger partial charge on any atom is -0.183 e. The summed E-state index contributed by atoms with van der Waals surface area (Å²) in [5, 5.41) is 11.2. The van der Waals surface area contributed by atoms with Crippen LogP contribution < -0.4 is 0 Å². The predicted molar refractivity (Wildman–Crippen MR) is 53.6 cm³/mol. The number of aryl methyl sites for hydroxylation is 1. The van der Waals surface area contributed by atoms with Gasteiger partial charge >= 0.3 is 0 Å². The zero-order valence-electron chi connectivity index (χ0n) is 7.90. The number of tetrazole rings is 1. The number of hydrogen-bond donors (Lipinski definition) is 0. The molecular weight excluding hydrogens is 200 g/mol. The lowest BCUT2D eigenvalue weighted by atomic mass is 10.1. The number of nitrogens with zero attached hydrogens (tertiary/aromatic N) is 4. The lowest BCUT2D eigenvalue weighted by Gasteiger charge is -2.06. The van der Waals surface area contributed by atoms with Crippen LogP contribution >= 0.6 is 11.6 Å². The van der Waals surface area contributed by atoms with Gasteiger partial charge in [0.15, 0.2) is 0 Å². The van der Waals surface area contributed by atoms with E-state index in [1.165, 1.54) is 10.2 Å². The molecule has 1 aromatic carbocycles. The summed E-state index contributed by atoms with van der Waals surface area (Å²) in [6, 6.07) is 5.93. The smallest absolute Gasteiger partial charge is 0.183 e. The highest BCUT2D eigenvalue weighted by molar-refractivity contribution is 6.28. The molecule has 72 valence electrons. The average Bonchev–Trinajstić information content (AvgIpc) is 2.57. The molecule has 5 heteroatoms. The minimum atomic E-state index is 0.277. The molecule has 0 aliphatic heterocycles. The van der Waals surface area contributed by atoms with Crippen LogP contribution in [0.5, 0.6) is 0 Å². The Kier molecular flexibility index (Phi) is 2.21. The topological polar surface area (TPSA) is 43.6 Å². The van der Waals surface area contributed by atoms with Gasteiger partial charge < -0.3 is 0 Å². The van der Waals surface area contributed by atoms with E-state index in [1.54, 1.807) is 0 Å². The van der Waals surface area contributed by atoms with Crippen LogP contribution in [0.1, 0.15) is 11.1 Å². The summed E-state index contributed by atoms with van der Waals surface area (Å²) in [7, 11) is 0. The average molecular weight is 209 g/mol. The summed E-state index contributed by atoms with van der Waals surface area (Å²) in [4.78, 5) is 0. The van der Waals surface area contributed by atoms with E-state index >= 15 is 0 Å².